The standard InChI is InChI=1S/C21H21N5O/c1-15(26-14-22-13-23-26)11-25-10-9-20-19(12-25)21(24-27-20)18-8-4-6-16-5-2-3-7-17(16)18/h2-8,13-15H,9-12H2,1H3/t15-/m1/s1. The van der Waals surface area contributed by atoms with Gasteiger partial charge in [0.1, 0.15) is 24.1 Å². The Balaban J connectivity index is 1.46. The summed E-state index contributed by atoms with van der Waals surface area (Å²) in [6.07, 6.45) is 4.25. The summed E-state index contributed by atoms with van der Waals surface area (Å²) in [4.78, 5) is 6.50. The molecule has 5 rings (SSSR count). The summed E-state index contributed by atoms with van der Waals surface area (Å²) in [6, 6.07) is 15.1. The van der Waals surface area contributed by atoms with Gasteiger partial charge in [-0.25, -0.2) is 9.67 Å². The molecule has 136 valence electrons. The maximum absolute atomic E-state index is 5.71. The quantitative estimate of drug-likeness (QED) is 0.556. The molecule has 27 heavy (non-hydrogen) atoms. The molecule has 0 unspecified atom stereocenters. The Labute approximate surface area is 157 Å². The number of benzene rings is 2. The fraction of sp³-hybridized carbons (Fsp3) is 0.286. The average molecular weight is 359 g/mol. The first-order valence-electron chi connectivity index (χ1n) is 9.31. The van der Waals surface area contributed by atoms with Crippen LogP contribution < -0.4 is 0 Å². The number of nitrogens with zero attached hydrogens (tertiary/aromatic N) is 5. The van der Waals surface area contributed by atoms with Crippen LogP contribution in [0.15, 0.2) is 59.6 Å². The van der Waals surface area contributed by atoms with Crippen molar-refractivity contribution in [1.82, 2.24) is 24.8 Å². The molecule has 0 spiro atoms. The molecule has 0 bridgehead atoms. The second kappa shape index (κ2) is 6.63. The van der Waals surface area contributed by atoms with Crippen molar-refractivity contribution in [2.24, 2.45) is 0 Å². The van der Waals surface area contributed by atoms with Crippen LogP contribution in [0.1, 0.15) is 24.3 Å². The first-order chi connectivity index (χ1) is 13.3. The van der Waals surface area contributed by atoms with Gasteiger partial charge in [0.15, 0.2) is 0 Å². The van der Waals surface area contributed by atoms with E-state index in [2.05, 4.69) is 69.5 Å². The molecule has 1 aliphatic rings. The number of aromatic nitrogens is 4. The van der Waals surface area contributed by atoms with Gasteiger partial charge in [-0.2, -0.15) is 5.10 Å². The third-order valence-electron chi connectivity index (χ3n) is 5.36. The molecule has 3 heterocycles. The Morgan fingerprint density at radius 3 is 2.93 bits per heavy atom. The van der Waals surface area contributed by atoms with Crippen molar-refractivity contribution in [3.05, 3.63) is 66.4 Å². The first kappa shape index (κ1) is 16.2. The normalized spacial score (nSPS) is 15.7. The van der Waals surface area contributed by atoms with Crippen molar-refractivity contribution in [3.63, 3.8) is 0 Å². The van der Waals surface area contributed by atoms with E-state index < -0.39 is 0 Å². The highest BCUT2D eigenvalue weighted by molar-refractivity contribution is 5.96. The van der Waals surface area contributed by atoms with E-state index >= 15 is 0 Å². The molecule has 2 aromatic carbocycles. The van der Waals surface area contributed by atoms with Crippen molar-refractivity contribution in [2.75, 3.05) is 13.1 Å². The predicted molar refractivity (Wildman–Crippen MR) is 103 cm³/mol. The highest BCUT2D eigenvalue weighted by Crippen LogP contribution is 2.34. The van der Waals surface area contributed by atoms with Gasteiger partial charge in [0.05, 0.1) is 6.04 Å². The molecule has 0 N–H and O–H groups in total. The molecule has 0 fully saturated rings. The Morgan fingerprint density at radius 1 is 1.15 bits per heavy atom. The van der Waals surface area contributed by atoms with Crippen LogP contribution >= 0.6 is 0 Å². The minimum Gasteiger partial charge on any atom is -0.360 e. The molecule has 4 aromatic rings. The first-order valence-corrected chi connectivity index (χ1v) is 9.31. The van der Waals surface area contributed by atoms with Crippen molar-refractivity contribution in [3.8, 4) is 11.3 Å². The molecule has 6 heteroatoms. The van der Waals surface area contributed by atoms with E-state index in [4.69, 9.17) is 4.52 Å². The van der Waals surface area contributed by atoms with Gasteiger partial charge in [0.25, 0.3) is 0 Å². The number of hydrogen-bond acceptors (Lipinski definition) is 5. The van der Waals surface area contributed by atoms with Crippen molar-refractivity contribution in [1.29, 1.82) is 0 Å². The highest BCUT2D eigenvalue weighted by atomic mass is 16.5. The summed E-state index contributed by atoms with van der Waals surface area (Å²) in [5, 5.41) is 11.1. The van der Waals surface area contributed by atoms with Gasteiger partial charge in [-0.05, 0) is 17.7 Å². The Bertz CT molecular complexity index is 1060. The zero-order valence-corrected chi connectivity index (χ0v) is 15.2. The summed E-state index contributed by atoms with van der Waals surface area (Å²) in [5.41, 5.74) is 3.33. The van der Waals surface area contributed by atoms with Gasteiger partial charge in [0, 0.05) is 37.2 Å². The monoisotopic (exact) mass is 359 g/mol. The van der Waals surface area contributed by atoms with Crippen LogP contribution in [0.25, 0.3) is 22.0 Å². The lowest BCUT2D eigenvalue weighted by Gasteiger charge is -2.28. The van der Waals surface area contributed by atoms with Crippen LogP contribution in [0.3, 0.4) is 0 Å². The van der Waals surface area contributed by atoms with E-state index in [0.29, 0.717) is 0 Å². The minimum atomic E-state index is 0.273. The molecule has 6 nitrogen and oxygen atoms in total. The fourth-order valence-corrected chi connectivity index (χ4v) is 3.97. The van der Waals surface area contributed by atoms with E-state index in [1.54, 1.807) is 12.7 Å². The SMILES string of the molecule is C[C@H](CN1CCc2onc(-c3cccc4ccccc34)c2C1)n1cncn1. The molecular formula is C21H21N5O. The largest absolute Gasteiger partial charge is 0.360 e. The zero-order valence-electron chi connectivity index (χ0n) is 15.2. The summed E-state index contributed by atoms with van der Waals surface area (Å²) in [7, 11) is 0. The van der Waals surface area contributed by atoms with Gasteiger partial charge in [-0.1, -0.05) is 47.6 Å². The van der Waals surface area contributed by atoms with Gasteiger partial charge in [0.2, 0.25) is 0 Å². The summed E-state index contributed by atoms with van der Waals surface area (Å²) >= 11 is 0. The van der Waals surface area contributed by atoms with Gasteiger partial charge >= 0.3 is 0 Å². The molecular weight excluding hydrogens is 338 g/mol. The van der Waals surface area contributed by atoms with E-state index in [0.717, 1.165) is 43.1 Å². The number of fused-ring (bicyclic) bond motifs is 2. The van der Waals surface area contributed by atoms with Crippen LogP contribution in [-0.4, -0.2) is 37.9 Å². The maximum Gasteiger partial charge on any atom is 0.143 e. The van der Waals surface area contributed by atoms with Gasteiger partial charge in [-0.15, -0.1) is 0 Å². The second-order valence-corrected chi connectivity index (χ2v) is 7.17. The predicted octanol–water partition coefficient (Wildman–Crippen LogP) is 3.71. The van der Waals surface area contributed by atoms with E-state index in [1.165, 1.54) is 16.3 Å². The van der Waals surface area contributed by atoms with Crippen molar-refractivity contribution >= 4 is 10.8 Å². The smallest absolute Gasteiger partial charge is 0.143 e. The van der Waals surface area contributed by atoms with E-state index in [1.807, 2.05) is 4.68 Å². The number of rotatable bonds is 4. The summed E-state index contributed by atoms with van der Waals surface area (Å²) < 4.78 is 7.62. The van der Waals surface area contributed by atoms with Crippen molar-refractivity contribution < 1.29 is 4.52 Å². The lowest BCUT2D eigenvalue weighted by molar-refractivity contribution is 0.203. The van der Waals surface area contributed by atoms with Crippen LogP contribution in [0, 0.1) is 0 Å². The van der Waals surface area contributed by atoms with E-state index in [9.17, 15) is 0 Å². The van der Waals surface area contributed by atoms with Gasteiger partial charge < -0.3 is 4.52 Å². The van der Waals surface area contributed by atoms with Crippen molar-refractivity contribution in [2.45, 2.75) is 25.9 Å². The Kier molecular flexibility index (Phi) is 3.98. The van der Waals surface area contributed by atoms with Crippen LogP contribution in [0.2, 0.25) is 0 Å². The van der Waals surface area contributed by atoms with E-state index in [-0.39, 0.29) is 6.04 Å². The van der Waals surface area contributed by atoms with Crippen LogP contribution in [0.5, 0.6) is 0 Å². The van der Waals surface area contributed by atoms with Crippen LogP contribution in [-0.2, 0) is 13.0 Å². The summed E-state index contributed by atoms with van der Waals surface area (Å²) in [6.45, 7) is 4.90. The highest BCUT2D eigenvalue weighted by Gasteiger charge is 2.26. The Hall–Kier alpha value is -2.99. The summed E-state index contributed by atoms with van der Waals surface area (Å²) in [5.74, 6) is 1.02. The lowest BCUT2D eigenvalue weighted by Crippen LogP contribution is -2.34. The third kappa shape index (κ3) is 2.92. The molecule has 0 aliphatic carbocycles. The number of hydrogen-bond donors (Lipinski definition) is 0. The molecule has 2 aromatic heterocycles. The molecule has 0 amide bonds. The third-order valence-corrected chi connectivity index (χ3v) is 5.36. The topological polar surface area (TPSA) is 60.0 Å². The average Bonchev–Trinajstić information content (AvgIpc) is 3.37. The lowest BCUT2D eigenvalue weighted by atomic mass is 9.97. The maximum atomic E-state index is 5.71. The fourth-order valence-electron chi connectivity index (χ4n) is 3.97. The molecule has 0 radical (unpaired) electrons. The van der Waals surface area contributed by atoms with Crippen LogP contribution in [0.4, 0.5) is 0 Å². The molecule has 1 aliphatic heterocycles. The molecule has 0 saturated heterocycles. The van der Waals surface area contributed by atoms with Gasteiger partial charge in [-0.3, -0.25) is 4.90 Å². The minimum absolute atomic E-state index is 0.273. The molecule has 0 saturated carbocycles. The molecule has 1 atom stereocenters. The second-order valence-electron chi connectivity index (χ2n) is 7.17. The zero-order chi connectivity index (χ0) is 18.2. The Morgan fingerprint density at radius 2 is 2.04 bits per heavy atom.